The molecular formula is C22H23F3N4O4. The predicted octanol–water partition coefficient (Wildman–Crippen LogP) is 2.62. The number of aliphatic hydroxyl groups is 1. The number of carbonyl (C=O) groups is 2. The number of alkyl halides is 3. The molecule has 0 aliphatic heterocycles. The van der Waals surface area contributed by atoms with Gasteiger partial charge in [-0.15, -0.1) is 0 Å². The summed E-state index contributed by atoms with van der Waals surface area (Å²) >= 11 is 0. The number of benzene rings is 2. The fourth-order valence-corrected chi connectivity index (χ4v) is 3.27. The number of nitrogens with two attached hydrogens (primary N) is 1. The Morgan fingerprint density at radius 1 is 1.18 bits per heavy atom. The summed E-state index contributed by atoms with van der Waals surface area (Å²) in [6.45, 7) is 0.916. The van der Waals surface area contributed by atoms with Crippen LogP contribution in [-0.4, -0.2) is 50.7 Å². The molecule has 1 aliphatic carbocycles. The first-order valence-electron chi connectivity index (χ1n) is 10.1. The molecule has 1 amide bonds. The van der Waals surface area contributed by atoms with Crippen LogP contribution in [0.1, 0.15) is 28.8 Å². The average molecular weight is 464 g/mol. The molecule has 1 unspecified atom stereocenters. The van der Waals surface area contributed by atoms with Crippen molar-refractivity contribution in [3.63, 3.8) is 0 Å². The predicted molar refractivity (Wildman–Crippen MR) is 114 cm³/mol. The summed E-state index contributed by atoms with van der Waals surface area (Å²) in [4.78, 5) is 20.5. The van der Waals surface area contributed by atoms with Gasteiger partial charge in [-0.1, -0.05) is 24.3 Å². The van der Waals surface area contributed by atoms with Gasteiger partial charge in [0, 0.05) is 24.2 Å². The number of fused-ring (bicyclic) bond motifs is 1. The first-order valence-corrected chi connectivity index (χ1v) is 10.1. The van der Waals surface area contributed by atoms with Crippen LogP contribution in [0.4, 0.5) is 13.2 Å². The highest BCUT2D eigenvalue weighted by atomic mass is 19.4. The Kier molecular flexibility index (Phi) is 7.34. The Balaban J connectivity index is 0.000000383. The molecule has 1 atom stereocenters. The number of aliphatic hydroxyl groups excluding tert-OH is 1. The van der Waals surface area contributed by atoms with Gasteiger partial charge in [-0.05, 0) is 42.5 Å². The minimum atomic E-state index is -5.08. The molecular weight excluding hydrogens is 441 g/mol. The number of rotatable bonds is 7. The molecule has 1 aromatic heterocycles. The third-order valence-corrected chi connectivity index (χ3v) is 5.20. The number of carboxylic acids is 1. The van der Waals surface area contributed by atoms with Crippen molar-refractivity contribution in [1.29, 1.82) is 0 Å². The van der Waals surface area contributed by atoms with E-state index in [0.29, 0.717) is 17.0 Å². The number of amides is 1. The molecule has 2 aromatic carbocycles. The van der Waals surface area contributed by atoms with Crippen LogP contribution in [0.5, 0.6) is 0 Å². The highest BCUT2D eigenvalue weighted by molar-refractivity contribution is 6.04. The van der Waals surface area contributed by atoms with Gasteiger partial charge in [0.1, 0.15) is 5.52 Å². The normalized spacial score (nSPS) is 14.4. The molecule has 0 spiro atoms. The molecule has 11 heteroatoms. The van der Waals surface area contributed by atoms with Crippen LogP contribution >= 0.6 is 0 Å². The molecule has 1 saturated carbocycles. The Morgan fingerprint density at radius 2 is 1.82 bits per heavy atom. The first-order chi connectivity index (χ1) is 15.6. The summed E-state index contributed by atoms with van der Waals surface area (Å²) in [5, 5.41) is 25.4. The lowest BCUT2D eigenvalue weighted by Crippen LogP contribution is -2.33. The van der Waals surface area contributed by atoms with E-state index in [4.69, 9.17) is 15.6 Å². The summed E-state index contributed by atoms with van der Waals surface area (Å²) in [7, 11) is 0. The maximum absolute atomic E-state index is 11.6. The zero-order valence-corrected chi connectivity index (χ0v) is 17.4. The third-order valence-electron chi connectivity index (χ3n) is 5.20. The van der Waals surface area contributed by atoms with Crippen molar-refractivity contribution < 1.29 is 33.0 Å². The zero-order valence-electron chi connectivity index (χ0n) is 17.4. The van der Waals surface area contributed by atoms with Crippen molar-refractivity contribution in [3.05, 3.63) is 59.8 Å². The molecule has 3 aromatic rings. The largest absolute Gasteiger partial charge is 0.490 e. The van der Waals surface area contributed by atoms with Crippen molar-refractivity contribution in [2.24, 2.45) is 11.7 Å². The Bertz CT molecular complexity index is 1120. The molecule has 8 nitrogen and oxygen atoms in total. The van der Waals surface area contributed by atoms with Gasteiger partial charge in [-0.2, -0.15) is 18.3 Å². The summed E-state index contributed by atoms with van der Waals surface area (Å²) in [6, 6.07) is 13.7. The Hall–Kier alpha value is -3.44. The van der Waals surface area contributed by atoms with Gasteiger partial charge in [0.25, 0.3) is 5.91 Å². The lowest BCUT2D eigenvalue weighted by atomic mass is 10.1. The van der Waals surface area contributed by atoms with Crippen LogP contribution < -0.4 is 11.1 Å². The third kappa shape index (κ3) is 6.30. The smallest absolute Gasteiger partial charge is 0.475 e. The van der Waals surface area contributed by atoms with Crippen LogP contribution in [0.15, 0.2) is 48.7 Å². The molecule has 0 radical (unpaired) electrons. The minimum Gasteiger partial charge on any atom is -0.475 e. The second-order valence-electron chi connectivity index (χ2n) is 7.66. The van der Waals surface area contributed by atoms with E-state index in [0.717, 1.165) is 23.2 Å². The SMILES string of the molecule is NC(=O)c1cccc2cn(-c3ccc(CNC(CO)C4CC4)cc3)nc12.O=C(O)C(F)(F)F. The summed E-state index contributed by atoms with van der Waals surface area (Å²) < 4.78 is 33.5. The highest BCUT2D eigenvalue weighted by Crippen LogP contribution is 2.32. The first kappa shape index (κ1) is 24.2. The lowest BCUT2D eigenvalue weighted by molar-refractivity contribution is -0.192. The van der Waals surface area contributed by atoms with Crippen LogP contribution in [0.2, 0.25) is 0 Å². The molecule has 33 heavy (non-hydrogen) atoms. The van der Waals surface area contributed by atoms with Crippen molar-refractivity contribution in [3.8, 4) is 5.69 Å². The number of carboxylic acid groups (broad SMARTS) is 1. The number of aromatic nitrogens is 2. The summed E-state index contributed by atoms with van der Waals surface area (Å²) in [5.41, 5.74) is 8.54. The standard InChI is InChI=1S/C20H22N4O2.C2HF3O2/c21-20(26)17-3-1-2-15-11-24(23-19(15)17)16-8-4-13(5-9-16)10-22-18(12-25)14-6-7-14;3-2(4,5)1(6)7/h1-5,8-9,11,14,18,22,25H,6-7,10,12H2,(H2,21,26);(H,6,7). The molecule has 5 N–H and O–H groups in total. The van der Waals surface area contributed by atoms with Crippen LogP contribution in [0.3, 0.4) is 0 Å². The molecule has 0 bridgehead atoms. The van der Waals surface area contributed by atoms with E-state index in [1.165, 1.54) is 12.8 Å². The van der Waals surface area contributed by atoms with E-state index in [9.17, 15) is 23.1 Å². The Morgan fingerprint density at radius 3 is 2.33 bits per heavy atom. The molecule has 176 valence electrons. The molecule has 1 aliphatic rings. The van der Waals surface area contributed by atoms with Crippen molar-refractivity contribution in [2.45, 2.75) is 31.6 Å². The lowest BCUT2D eigenvalue weighted by Gasteiger charge is -2.15. The van der Waals surface area contributed by atoms with Gasteiger partial charge in [-0.3, -0.25) is 4.79 Å². The van der Waals surface area contributed by atoms with E-state index >= 15 is 0 Å². The second-order valence-corrected chi connectivity index (χ2v) is 7.66. The number of primary amides is 1. The number of hydrogen-bond donors (Lipinski definition) is 4. The number of carbonyl (C=O) groups excluding carboxylic acids is 1. The summed E-state index contributed by atoms with van der Waals surface area (Å²) in [6.07, 6.45) is -0.779. The maximum atomic E-state index is 11.6. The minimum absolute atomic E-state index is 0.185. The monoisotopic (exact) mass is 464 g/mol. The van der Waals surface area contributed by atoms with Crippen LogP contribution in [0, 0.1) is 5.92 Å². The van der Waals surface area contributed by atoms with Gasteiger partial charge in [0.05, 0.1) is 17.9 Å². The molecule has 1 heterocycles. The maximum Gasteiger partial charge on any atom is 0.490 e. The van der Waals surface area contributed by atoms with Gasteiger partial charge >= 0.3 is 12.1 Å². The number of aliphatic carboxylic acids is 1. The quantitative estimate of drug-likeness (QED) is 0.425. The van der Waals surface area contributed by atoms with Crippen LogP contribution in [-0.2, 0) is 11.3 Å². The molecule has 1 fully saturated rings. The average Bonchev–Trinajstić information content (AvgIpc) is 3.51. The van der Waals surface area contributed by atoms with E-state index in [1.807, 2.05) is 36.5 Å². The number of halogens is 3. The topological polar surface area (TPSA) is 130 Å². The summed E-state index contributed by atoms with van der Waals surface area (Å²) in [5.74, 6) is -2.61. The molecule has 0 saturated heterocycles. The van der Waals surface area contributed by atoms with Gasteiger partial charge < -0.3 is 21.3 Å². The van der Waals surface area contributed by atoms with Gasteiger partial charge in [-0.25, -0.2) is 9.48 Å². The van der Waals surface area contributed by atoms with E-state index in [1.54, 1.807) is 16.8 Å². The van der Waals surface area contributed by atoms with Crippen molar-refractivity contribution in [2.75, 3.05) is 6.61 Å². The fourth-order valence-electron chi connectivity index (χ4n) is 3.27. The number of nitrogens with one attached hydrogen (secondary N) is 1. The number of hydrogen-bond acceptors (Lipinski definition) is 5. The van der Waals surface area contributed by atoms with Crippen molar-refractivity contribution >= 4 is 22.8 Å². The highest BCUT2D eigenvalue weighted by Gasteiger charge is 2.38. The van der Waals surface area contributed by atoms with E-state index < -0.39 is 18.1 Å². The van der Waals surface area contributed by atoms with E-state index in [-0.39, 0.29) is 12.6 Å². The van der Waals surface area contributed by atoms with Gasteiger partial charge in [0.2, 0.25) is 0 Å². The second kappa shape index (κ2) is 10.0. The molecule has 4 rings (SSSR count). The van der Waals surface area contributed by atoms with Gasteiger partial charge in [0.15, 0.2) is 0 Å². The number of nitrogens with zero attached hydrogens (tertiary/aromatic N) is 2. The van der Waals surface area contributed by atoms with E-state index in [2.05, 4.69) is 10.4 Å². The van der Waals surface area contributed by atoms with Crippen molar-refractivity contribution in [1.82, 2.24) is 15.1 Å². The Labute approximate surface area is 186 Å². The fraction of sp³-hybridized carbons (Fsp3) is 0.318. The van der Waals surface area contributed by atoms with Crippen LogP contribution in [0.25, 0.3) is 16.6 Å². The zero-order chi connectivity index (χ0) is 24.2.